The Morgan fingerprint density at radius 3 is 2.74 bits per heavy atom. The lowest BCUT2D eigenvalue weighted by Crippen LogP contribution is -2.51. The first-order valence-corrected chi connectivity index (χ1v) is 6.80. The van der Waals surface area contributed by atoms with Crippen molar-refractivity contribution in [1.29, 1.82) is 0 Å². The number of carbonyl (C=O) groups excluding carboxylic acids is 1. The van der Waals surface area contributed by atoms with Gasteiger partial charge in [0.15, 0.2) is 0 Å². The lowest BCUT2D eigenvalue weighted by atomic mass is 9.91. The van der Waals surface area contributed by atoms with Crippen molar-refractivity contribution >= 4 is 12.0 Å². The molecule has 2 N–H and O–H groups in total. The fourth-order valence-electron chi connectivity index (χ4n) is 2.33. The summed E-state index contributed by atoms with van der Waals surface area (Å²) in [5, 5.41) is 11.9. The smallest absolute Gasteiger partial charge is 0.317 e. The Kier molecular flexibility index (Phi) is 6.08. The number of carboxylic acid groups (broad SMARTS) is 1. The fourth-order valence-corrected chi connectivity index (χ4v) is 2.33. The van der Waals surface area contributed by atoms with E-state index >= 15 is 0 Å². The van der Waals surface area contributed by atoms with E-state index < -0.39 is 11.9 Å². The highest BCUT2D eigenvalue weighted by Gasteiger charge is 2.32. The minimum atomic E-state index is -0.827. The van der Waals surface area contributed by atoms with Gasteiger partial charge in [-0.3, -0.25) is 4.79 Å². The summed E-state index contributed by atoms with van der Waals surface area (Å²) in [4.78, 5) is 24.7. The summed E-state index contributed by atoms with van der Waals surface area (Å²) in [6.45, 7) is 7.72. The zero-order valence-electron chi connectivity index (χ0n) is 11.9. The molecule has 6 heteroatoms. The van der Waals surface area contributed by atoms with E-state index in [0.29, 0.717) is 26.2 Å². The average molecular weight is 272 g/mol. The largest absolute Gasteiger partial charge is 0.481 e. The molecule has 0 bridgehead atoms. The van der Waals surface area contributed by atoms with Gasteiger partial charge in [0.2, 0.25) is 0 Å². The molecule has 6 nitrogen and oxygen atoms in total. The minimum Gasteiger partial charge on any atom is -0.481 e. The van der Waals surface area contributed by atoms with Crippen LogP contribution in [0, 0.1) is 11.8 Å². The van der Waals surface area contributed by atoms with Gasteiger partial charge in [-0.15, -0.1) is 0 Å². The monoisotopic (exact) mass is 272 g/mol. The summed E-state index contributed by atoms with van der Waals surface area (Å²) in [5.74, 6) is -1.08. The first-order chi connectivity index (χ1) is 8.93. The molecule has 1 saturated heterocycles. The van der Waals surface area contributed by atoms with E-state index in [1.54, 1.807) is 4.90 Å². The Balaban J connectivity index is 2.48. The molecule has 0 spiro atoms. The number of likely N-dealkylation sites (tertiary alicyclic amines) is 1. The van der Waals surface area contributed by atoms with Crippen molar-refractivity contribution in [2.24, 2.45) is 11.8 Å². The van der Waals surface area contributed by atoms with Crippen LogP contribution >= 0.6 is 0 Å². The van der Waals surface area contributed by atoms with Crippen molar-refractivity contribution < 1.29 is 19.4 Å². The van der Waals surface area contributed by atoms with Crippen molar-refractivity contribution in [3.05, 3.63) is 0 Å². The van der Waals surface area contributed by atoms with Crippen LogP contribution in [-0.4, -0.2) is 54.4 Å². The molecule has 1 aliphatic rings. The normalized spacial score (nSPS) is 24.9. The predicted molar refractivity (Wildman–Crippen MR) is 71.0 cm³/mol. The number of nitrogens with zero attached hydrogens (tertiary/aromatic N) is 1. The van der Waals surface area contributed by atoms with Gasteiger partial charge in [-0.25, -0.2) is 4.79 Å². The van der Waals surface area contributed by atoms with Crippen LogP contribution in [0.2, 0.25) is 0 Å². The molecular weight excluding hydrogens is 248 g/mol. The Morgan fingerprint density at radius 1 is 1.47 bits per heavy atom. The number of ether oxygens (including phenoxy) is 1. The molecule has 0 aliphatic carbocycles. The van der Waals surface area contributed by atoms with Crippen LogP contribution in [0.5, 0.6) is 0 Å². The second-order valence-electron chi connectivity index (χ2n) is 5.29. The number of urea groups is 1. The number of rotatable bonds is 5. The third-order valence-electron chi connectivity index (χ3n) is 3.24. The van der Waals surface area contributed by atoms with Gasteiger partial charge >= 0.3 is 12.0 Å². The van der Waals surface area contributed by atoms with Gasteiger partial charge in [0.1, 0.15) is 0 Å². The standard InChI is InChI=1S/C13H24N2O4/c1-4-19-8-10(3)14-13(18)15-6-9(2)5-11(7-15)12(16)17/h9-11H,4-8H2,1-3H3,(H,14,18)(H,16,17)/t9?,10-,11?/m0/s1. The molecule has 2 amide bonds. The number of hydrogen-bond donors (Lipinski definition) is 2. The van der Waals surface area contributed by atoms with Crippen LogP contribution in [0.3, 0.4) is 0 Å². The molecule has 0 radical (unpaired) electrons. The van der Waals surface area contributed by atoms with Crippen LogP contribution in [0.4, 0.5) is 4.79 Å². The number of hydrogen-bond acceptors (Lipinski definition) is 3. The lowest BCUT2D eigenvalue weighted by molar-refractivity contribution is -0.143. The number of amides is 2. The van der Waals surface area contributed by atoms with Crippen molar-refractivity contribution in [2.75, 3.05) is 26.3 Å². The number of carbonyl (C=O) groups is 2. The highest BCUT2D eigenvalue weighted by molar-refractivity contribution is 5.76. The Morgan fingerprint density at radius 2 is 2.16 bits per heavy atom. The number of piperidine rings is 1. The molecule has 1 aliphatic heterocycles. The molecule has 0 aromatic heterocycles. The lowest BCUT2D eigenvalue weighted by Gasteiger charge is -2.35. The van der Waals surface area contributed by atoms with Gasteiger partial charge in [0, 0.05) is 19.7 Å². The summed E-state index contributed by atoms with van der Waals surface area (Å²) < 4.78 is 5.24. The zero-order valence-corrected chi connectivity index (χ0v) is 11.9. The maximum absolute atomic E-state index is 12.1. The third-order valence-corrected chi connectivity index (χ3v) is 3.24. The van der Waals surface area contributed by atoms with E-state index in [1.807, 2.05) is 20.8 Å². The molecule has 19 heavy (non-hydrogen) atoms. The van der Waals surface area contributed by atoms with Gasteiger partial charge in [-0.1, -0.05) is 6.92 Å². The van der Waals surface area contributed by atoms with Crippen molar-refractivity contribution in [2.45, 2.75) is 33.2 Å². The van der Waals surface area contributed by atoms with Crippen LogP contribution in [-0.2, 0) is 9.53 Å². The van der Waals surface area contributed by atoms with Crippen LogP contribution in [0.15, 0.2) is 0 Å². The molecule has 1 heterocycles. The highest BCUT2D eigenvalue weighted by Crippen LogP contribution is 2.21. The quantitative estimate of drug-likeness (QED) is 0.787. The van der Waals surface area contributed by atoms with Crippen molar-refractivity contribution in [3.8, 4) is 0 Å². The van der Waals surface area contributed by atoms with Gasteiger partial charge < -0.3 is 20.1 Å². The molecule has 110 valence electrons. The summed E-state index contributed by atoms with van der Waals surface area (Å²) in [6.07, 6.45) is 0.633. The topological polar surface area (TPSA) is 78.9 Å². The van der Waals surface area contributed by atoms with E-state index in [1.165, 1.54) is 0 Å². The van der Waals surface area contributed by atoms with Gasteiger partial charge in [-0.2, -0.15) is 0 Å². The van der Waals surface area contributed by atoms with Crippen molar-refractivity contribution in [3.63, 3.8) is 0 Å². The van der Waals surface area contributed by atoms with E-state index in [4.69, 9.17) is 9.84 Å². The average Bonchev–Trinajstić information content (AvgIpc) is 2.35. The summed E-state index contributed by atoms with van der Waals surface area (Å²) in [5.41, 5.74) is 0. The molecule has 2 unspecified atom stereocenters. The number of aliphatic carboxylic acids is 1. The number of carboxylic acids is 1. The molecule has 1 fully saturated rings. The highest BCUT2D eigenvalue weighted by atomic mass is 16.5. The first-order valence-electron chi connectivity index (χ1n) is 6.80. The Hall–Kier alpha value is -1.30. The summed E-state index contributed by atoms with van der Waals surface area (Å²) >= 11 is 0. The van der Waals surface area contributed by atoms with Gasteiger partial charge in [0.25, 0.3) is 0 Å². The maximum atomic E-state index is 12.1. The van der Waals surface area contributed by atoms with Gasteiger partial charge in [0.05, 0.1) is 18.6 Å². The third kappa shape index (κ3) is 5.06. The molecule has 0 aromatic rings. The van der Waals surface area contributed by atoms with E-state index in [9.17, 15) is 9.59 Å². The van der Waals surface area contributed by atoms with Crippen molar-refractivity contribution in [1.82, 2.24) is 10.2 Å². The molecular formula is C13H24N2O4. The van der Waals surface area contributed by atoms with E-state index in [-0.39, 0.29) is 24.5 Å². The minimum absolute atomic E-state index is 0.0760. The first kappa shape index (κ1) is 15.8. The Bertz CT molecular complexity index is 322. The predicted octanol–water partition coefficient (Wildman–Crippen LogP) is 1.16. The summed E-state index contributed by atoms with van der Waals surface area (Å²) in [7, 11) is 0. The number of nitrogens with one attached hydrogen (secondary N) is 1. The second kappa shape index (κ2) is 7.33. The Labute approximate surface area is 114 Å². The second-order valence-corrected chi connectivity index (χ2v) is 5.29. The fraction of sp³-hybridized carbons (Fsp3) is 0.846. The van der Waals surface area contributed by atoms with Crippen LogP contribution < -0.4 is 5.32 Å². The van der Waals surface area contributed by atoms with Crippen LogP contribution in [0.25, 0.3) is 0 Å². The van der Waals surface area contributed by atoms with E-state index in [2.05, 4.69) is 5.32 Å². The van der Waals surface area contributed by atoms with E-state index in [0.717, 1.165) is 0 Å². The zero-order chi connectivity index (χ0) is 14.4. The molecule has 3 atom stereocenters. The maximum Gasteiger partial charge on any atom is 0.317 e. The molecule has 0 saturated carbocycles. The summed E-state index contributed by atoms with van der Waals surface area (Å²) in [6, 6.07) is -0.280. The van der Waals surface area contributed by atoms with Gasteiger partial charge in [-0.05, 0) is 26.2 Å². The SMILES string of the molecule is CCOC[C@H](C)NC(=O)N1CC(C)CC(C(=O)O)C1. The van der Waals surface area contributed by atoms with Crippen LogP contribution in [0.1, 0.15) is 27.2 Å². The molecule has 0 aromatic carbocycles. The molecule has 1 rings (SSSR count).